The molecule has 7 heteroatoms. The minimum atomic E-state index is -0.113. The van der Waals surface area contributed by atoms with Crippen molar-refractivity contribution in [2.75, 3.05) is 0 Å². The fourth-order valence-corrected chi connectivity index (χ4v) is 6.37. The third-order valence-corrected chi connectivity index (χ3v) is 8.62. The average Bonchev–Trinajstić information content (AvgIpc) is 3.56. The molecular formula is C37H30N4O2S. The molecule has 0 saturated heterocycles. The van der Waals surface area contributed by atoms with Crippen molar-refractivity contribution in [2.24, 2.45) is 12.0 Å². The first-order valence-electron chi connectivity index (χ1n) is 14.4. The molecule has 0 bridgehead atoms. The van der Waals surface area contributed by atoms with Gasteiger partial charge in [-0.1, -0.05) is 91.0 Å². The minimum absolute atomic E-state index is 0.113. The van der Waals surface area contributed by atoms with Gasteiger partial charge in [-0.05, 0) is 53.6 Å². The summed E-state index contributed by atoms with van der Waals surface area (Å²) in [5.41, 5.74) is 5.85. The van der Waals surface area contributed by atoms with Gasteiger partial charge in [0.15, 0.2) is 4.80 Å². The van der Waals surface area contributed by atoms with Crippen molar-refractivity contribution < 1.29 is 4.74 Å². The first-order valence-corrected chi connectivity index (χ1v) is 15.3. The number of fused-ring (bicyclic) bond motifs is 1. The summed E-state index contributed by atoms with van der Waals surface area (Å²) in [4.78, 5) is 20.0. The lowest BCUT2D eigenvalue weighted by Gasteiger charge is -2.10. The van der Waals surface area contributed by atoms with Crippen LogP contribution < -0.4 is 15.1 Å². The maximum absolute atomic E-state index is 14.2. The third-order valence-electron chi connectivity index (χ3n) is 7.79. The van der Waals surface area contributed by atoms with E-state index in [0.717, 1.165) is 50.4 Å². The number of benzene rings is 5. The zero-order valence-corrected chi connectivity index (χ0v) is 25.2. The van der Waals surface area contributed by atoms with Gasteiger partial charge in [0.1, 0.15) is 18.0 Å². The van der Waals surface area contributed by atoms with E-state index >= 15 is 0 Å². The smallest absolute Gasteiger partial charge is 0.296 e. The van der Waals surface area contributed by atoms with Crippen molar-refractivity contribution in [1.82, 2.24) is 13.9 Å². The van der Waals surface area contributed by atoms with Crippen LogP contribution in [0.5, 0.6) is 5.75 Å². The molecule has 5 aromatic carbocycles. The number of aromatic nitrogens is 3. The highest BCUT2D eigenvalue weighted by atomic mass is 32.1. The normalized spacial score (nSPS) is 11.7. The molecule has 0 unspecified atom stereocenters. The lowest BCUT2D eigenvalue weighted by atomic mass is 10.1. The SMILES string of the molecule is Cc1c(-n2c(-c3ccc4ccccc4c3)csc2=Nc2cccc(OCc3ccccc3)c2)c(=O)n(-c2ccccc2)n1C. The van der Waals surface area contributed by atoms with Gasteiger partial charge >= 0.3 is 0 Å². The van der Waals surface area contributed by atoms with Crippen LogP contribution in [0.2, 0.25) is 0 Å². The molecule has 0 aliphatic carbocycles. The Labute approximate surface area is 259 Å². The summed E-state index contributed by atoms with van der Waals surface area (Å²) in [6.45, 7) is 2.45. The number of hydrogen-bond donors (Lipinski definition) is 0. The summed E-state index contributed by atoms with van der Waals surface area (Å²) >= 11 is 1.51. The predicted molar refractivity (Wildman–Crippen MR) is 178 cm³/mol. The van der Waals surface area contributed by atoms with Crippen LogP contribution in [-0.4, -0.2) is 13.9 Å². The molecule has 0 fully saturated rings. The second-order valence-electron chi connectivity index (χ2n) is 10.6. The summed E-state index contributed by atoms with van der Waals surface area (Å²) < 4.78 is 11.7. The third kappa shape index (κ3) is 5.18. The van der Waals surface area contributed by atoms with Crippen molar-refractivity contribution in [2.45, 2.75) is 13.5 Å². The van der Waals surface area contributed by atoms with E-state index in [4.69, 9.17) is 9.73 Å². The second-order valence-corrected chi connectivity index (χ2v) is 11.4. The maximum Gasteiger partial charge on any atom is 0.296 e. The Balaban J connectivity index is 1.39. The molecule has 6 nitrogen and oxygen atoms in total. The minimum Gasteiger partial charge on any atom is -0.489 e. The summed E-state index contributed by atoms with van der Waals surface area (Å²) in [5, 5.41) is 4.38. The maximum atomic E-state index is 14.2. The number of nitrogens with zero attached hydrogens (tertiary/aromatic N) is 4. The average molecular weight is 595 g/mol. The van der Waals surface area contributed by atoms with E-state index in [1.807, 2.05) is 120 Å². The summed E-state index contributed by atoms with van der Waals surface area (Å²) in [5.74, 6) is 0.732. The number of hydrogen-bond acceptors (Lipinski definition) is 4. The second kappa shape index (κ2) is 11.7. The molecule has 2 aromatic heterocycles. The van der Waals surface area contributed by atoms with Crippen molar-refractivity contribution in [3.05, 3.63) is 159 Å². The van der Waals surface area contributed by atoms with E-state index < -0.39 is 0 Å². The van der Waals surface area contributed by atoms with Crippen LogP contribution in [0.15, 0.2) is 143 Å². The largest absolute Gasteiger partial charge is 0.489 e. The van der Waals surface area contributed by atoms with Crippen molar-refractivity contribution >= 4 is 27.8 Å². The molecule has 0 aliphatic heterocycles. The standard InChI is InChI=1S/C37H30N4O2S/c1-26-35(36(42)41(39(26)2)32-17-7-4-8-18-32)40-34(30-21-20-28-14-9-10-15-29(28)22-30)25-44-37(40)38-31-16-11-19-33(23-31)43-24-27-12-5-3-6-13-27/h3-23,25H,24H2,1-2H3. The molecule has 7 rings (SSSR count). The lowest BCUT2D eigenvalue weighted by molar-refractivity contribution is 0.306. The first kappa shape index (κ1) is 27.4. The van der Waals surface area contributed by atoms with E-state index in [1.54, 1.807) is 4.68 Å². The molecule has 0 aliphatic rings. The van der Waals surface area contributed by atoms with Gasteiger partial charge < -0.3 is 4.74 Å². The molecule has 0 radical (unpaired) electrons. The topological polar surface area (TPSA) is 53.5 Å². The van der Waals surface area contributed by atoms with Gasteiger partial charge in [-0.25, -0.2) is 9.67 Å². The first-order chi connectivity index (χ1) is 21.6. The van der Waals surface area contributed by atoms with Crippen LogP contribution in [0.25, 0.3) is 33.4 Å². The van der Waals surface area contributed by atoms with E-state index in [-0.39, 0.29) is 5.56 Å². The Kier molecular flexibility index (Phi) is 7.30. The molecule has 0 N–H and O–H groups in total. The monoisotopic (exact) mass is 594 g/mol. The molecule has 216 valence electrons. The molecule has 0 saturated carbocycles. The predicted octanol–water partition coefficient (Wildman–Crippen LogP) is 7.97. The zero-order chi connectivity index (χ0) is 30.0. The quantitative estimate of drug-likeness (QED) is 0.188. The van der Waals surface area contributed by atoms with E-state index in [9.17, 15) is 4.79 Å². The van der Waals surface area contributed by atoms with E-state index in [0.29, 0.717) is 17.1 Å². The van der Waals surface area contributed by atoms with E-state index in [2.05, 4.69) is 35.7 Å². The highest BCUT2D eigenvalue weighted by Crippen LogP contribution is 2.29. The van der Waals surface area contributed by atoms with Crippen LogP contribution in [0.4, 0.5) is 5.69 Å². The number of ether oxygens (including phenoxy) is 1. The number of para-hydroxylation sites is 1. The summed E-state index contributed by atoms with van der Waals surface area (Å²) in [6.07, 6.45) is 0. The Hall–Kier alpha value is -5.40. The van der Waals surface area contributed by atoms with Gasteiger partial charge in [0.25, 0.3) is 5.56 Å². The van der Waals surface area contributed by atoms with Crippen molar-refractivity contribution in [3.8, 4) is 28.4 Å². The zero-order valence-electron chi connectivity index (χ0n) is 24.4. The molecule has 7 aromatic rings. The van der Waals surface area contributed by atoms with Gasteiger partial charge in [0.05, 0.1) is 22.8 Å². The van der Waals surface area contributed by atoms with Crippen molar-refractivity contribution in [1.29, 1.82) is 0 Å². The molecule has 0 spiro atoms. The van der Waals surface area contributed by atoms with Gasteiger partial charge in [-0.15, -0.1) is 11.3 Å². The Morgan fingerprint density at radius 3 is 2.30 bits per heavy atom. The number of thiazole rings is 1. The Morgan fingerprint density at radius 2 is 1.50 bits per heavy atom. The molecule has 0 atom stereocenters. The van der Waals surface area contributed by atoms with Crippen LogP contribution in [0.3, 0.4) is 0 Å². The van der Waals surface area contributed by atoms with Gasteiger partial charge in [0.2, 0.25) is 0 Å². The van der Waals surface area contributed by atoms with Crippen LogP contribution in [0.1, 0.15) is 11.3 Å². The number of rotatable bonds is 7. The van der Waals surface area contributed by atoms with Crippen LogP contribution >= 0.6 is 11.3 Å². The Bertz CT molecular complexity index is 2220. The fourth-order valence-electron chi connectivity index (χ4n) is 5.46. The van der Waals surface area contributed by atoms with Gasteiger partial charge in [-0.2, -0.15) is 0 Å². The van der Waals surface area contributed by atoms with E-state index in [1.165, 1.54) is 11.3 Å². The molecule has 2 heterocycles. The fraction of sp³-hybridized carbons (Fsp3) is 0.0811. The van der Waals surface area contributed by atoms with Crippen molar-refractivity contribution in [3.63, 3.8) is 0 Å². The Morgan fingerprint density at radius 1 is 0.773 bits per heavy atom. The van der Waals surface area contributed by atoms with Gasteiger partial charge in [-0.3, -0.25) is 14.0 Å². The molecule has 44 heavy (non-hydrogen) atoms. The summed E-state index contributed by atoms with van der Waals surface area (Å²) in [7, 11) is 1.92. The summed E-state index contributed by atoms with van der Waals surface area (Å²) in [6, 6.07) is 42.3. The van der Waals surface area contributed by atoms with Gasteiger partial charge in [0, 0.05) is 24.1 Å². The lowest BCUT2D eigenvalue weighted by Crippen LogP contribution is -2.24. The highest BCUT2D eigenvalue weighted by Gasteiger charge is 2.22. The van der Waals surface area contributed by atoms with Crippen LogP contribution in [0, 0.1) is 6.92 Å². The highest BCUT2D eigenvalue weighted by molar-refractivity contribution is 7.07. The molecular weight excluding hydrogens is 565 g/mol. The molecule has 0 amide bonds. The van der Waals surface area contributed by atoms with Crippen LogP contribution in [-0.2, 0) is 13.7 Å².